The normalized spacial score (nSPS) is 11.4. The lowest BCUT2D eigenvalue weighted by Gasteiger charge is -2.25. The second kappa shape index (κ2) is 8.27. The summed E-state index contributed by atoms with van der Waals surface area (Å²) in [5.74, 6) is 0.594. The molecule has 0 radical (unpaired) electrons. The first-order chi connectivity index (χ1) is 11.5. The molecule has 6 nitrogen and oxygen atoms in total. The van der Waals surface area contributed by atoms with E-state index in [1.54, 1.807) is 24.3 Å². The summed E-state index contributed by atoms with van der Waals surface area (Å²) in [4.78, 5) is 13.9. The van der Waals surface area contributed by atoms with Crippen LogP contribution in [0.25, 0.3) is 0 Å². The fourth-order valence-corrected chi connectivity index (χ4v) is 2.17. The molecule has 1 heterocycles. The number of benzene rings is 1. The maximum absolute atomic E-state index is 12.0. The SMILES string of the molecule is CC(CNC(=O)Cc1ccc(Cl)cc1)N(C)c1ccc(C#N)nn1. The van der Waals surface area contributed by atoms with Crippen LogP contribution < -0.4 is 10.2 Å². The van der Waals surface area contributed by atoms with E-state index in [2.05, 4.69) is 15.5 Å². The van der Waals surface area contributed by atoms with E-state index in [0.717, 1.165) is 5.56 Å². The summed E-state index contributed by atoms with van der Waals surface area (Å²) in [5.41, 5.74) is 1.19. The van der Waals surface area contributed by atoms with Crippen molar-refractivity contribution in [2.45, 2.75) is 19.4 Å². The van der Waals surface area contributed by atoms with Crippen LogP contribution >= 0.6 is 11.6 Å². The van der Waals surface area contributed by atoms with E-state index >= 15 is 0 Å². The molecule has 1 aromatic carbocycles. The van der Waals surface area contributed by atoms with Gasteiger partial charge in [-0.3, -0.25) is 4.79 Å². The number of nitrogens with zero attached hydrogens (tertiary/aromatic N) is 4. The summed E-state index contributed by atoms with van der Waals surface area (Å²) in [6, 6.07) is 12.5. The van der Waals surface area contributed by atoms with Crippen molar-refractivity contribution in [3.05, 3.63) is 52.7 Å². The van der Waals surface area contributed by atoms with Crippen LogP contribution in [-0.4, -0.2) is 35.7 Å². The van der Waals surface area contributed by atoms with Gasteiger partial charge < -0.3 is 10.2 Å². The van der Waals surface area contributed by atoms with Crippen molar-refractivity contribution in [2.24, 2.45) is 0 Å². The number of rotatable bonds is 6. The lowest BCUT2D eigenvalue weighted by atomic mass is 10.1. The molecule has 0 aliphatic carbocycles. The van der Waals surface area contributed by atoms with Crippen LogP contribution in [0.2, 0.25) is 5.02 Å². The van der Waals surface area contributed by atoms with E-state index in [0.29, 0.717) is 23.8 Å². The molecule has 0 aliphatic rings. The second-order valence-corrected chi connectivity index (χ2v) is 5.89. The van der Waals surface area contributed by atoms with Gasteiger partial charge in [0.1, 0.15) is 6.07 Å². The third-order valence-electron chi connectivity index (χ3n) is 3.66. The first kappa shape index (κ1) is 17.7. The minimum absolute atomic E-state index is 0.0291. The monoisotopic (exact) mass is 343 g/mol. The van der Waals surface area contributed by atoms with Crippen molar-refractivity contribution in [3.8, 4) is 6.07 Å². The topological polar surface area (TPSA) is 81.9 Å². The van der Waals surface area contributed by atoms with Crippen molar-refractivity contribution in [2.75, 3.05) is 18.5 Å². The number of hydrogen-bond acceptors (Lipinski definition) is 5. The van der Waals surface area contributed by atoms with Crippen LogP contribution in [0.15, 0.2) is 36.4 Å². The Labute approximate surface area is 146 Å². The van der Waals surface area contributed by atoms with E-state index in [4.69, 9.17) is 16.9 Å². The summed E-state index contributed by atoms with van der Waals surface area (Å²) < 4.78 is 0. The average molecular weight is 344 g/mol. The van der Waals surface area contributed by atoms with Gasteiger partial charge in [-0.2, -0.15) is 5.26 Å². The van der Waals surface area contributed by atoms with Gasteiger partial charge in [0.05, 0.1) is 6.42 Å². The Morgan fingerprint density at radius 1 is 1.29 bits per heavy atom. The predicted molar refractivity (Wildman–Crippen MR) is 92.8 cm³/mol. The highest BCUT2D eigenvalue weighted by Gasteiger charge is 2.13. The Morgan fingerprint density at radius 2 is 2.00 bits per heavy atom. The minimum Gasteiger partial charge on any atom is -0.354 e. The number of aromatic nitrogens is 2. The molecule has 0 saturated heterocycles. The number of hydrogen-bond donors (Lipinski definition) is 1. The largest absolute Gasteiger partial charge is 0.354 e. The Hall–Kier alpha value is -2.65. The number of amides is 1. The number of likely N-dealkylation sites (N-methyl/N-ethyl adjacent to an activating group) is 1. The van der Waals surface area contributed by atoms with E-state index in [9.17, 15) is 4.79 Å². The third-order valence-corrected chi connectivity index (χ3v) is 3.91. The van der Waals surface area contributed by atoms with Crippen LogP contribution in [-0.2, 0) is 11.2 Å². The lowest BCUT2D eigenvalue weighted by Crippen LogP contribution is -2.41. The van der Waals surface area contributed by atoms with Crippen molar-refractivity contribution in [3.63, 3.8) is 0 Å². The summed E-state index contributed by atoms with van der Waals surface area (Å²) in [6.07, 6.45) is 0.310. The maximum Gasteiger partial charge on any atom is 0.224 e. The summed E-state index contributed by atoms with van der Waals surface area (Å²) in [5, 5.41) is 20.1. The first-order valence-corrected chi connectivity index (χ1v) is 7.85. The fraction of sp³-hybridized carbons (Fsp3) is 0.294. The van der Waals surface area contributed by atoms with E-state index in [-0.39, 0.29) is 17.6 Å². The zero-order valence-electron chi connectivity index (χ0n) is 13.5. The van der Waals surface area contributed by atoms with Crippen LogP contribution in [0.3, 0.4) is 0 Å². The Bertz CT molecular complexity index is 724. The highest BCUT2D eigenvalue weighted by atomic mass is 35.5. The molecule has 1 atom stereocenters. The van der Waals surface area contributed by atoms with Gasteiger partial charge in [0.25, 0.3) is 0 Å². The van der Waals surface area contributed by atoms with Crippen LogP contribution in [0.1, 0.15) is 18.2 Å². The molecular formula is C17H18ClN5O. The molecule has 0 spiro atoms. The second-order valence-electron chi connectivity index (χ2n) is 5.46. The molecule has 124 valence electrons. The van der Waals surface area contributed by atoms with E-state index < -0.39 is 0 Å². The summed E-state index contributed by atoms with van der Waals surface area (Å²) in [6.45, 7) is 2.45. The standard InChI is InChI=1S/C17H18ClN5O/c1-12(23(2)16-8-7-15(10-19)21-22-16)11-20-17(24)9-13-3-5-14(18)6-4-13/h3-8,12H,9,11H2,1-2H3,(H,20,24). The quantitative estimate of drug-likeness (QED) is 0.869. The molecule has 2 aromatic rings. The fourth-order valence-electron chi connectivity index (χ4n) is 2.05. The molecule has 0 fully saturated rings. The zero-order valence-corrected chi connectivity index (χ0v) is 14.3. The molecule has 24 heavy (non-hydrogen) atoms. The number of carbonyl (C=O) groups excluding carboxylic acids is 1. The van der Waals surface area contributed by atoms with Crippen LogP contribution in [0, 0.1) is 11.3 Å². The molecule has 1 unspecified atom stereocenters. The molecule has 7 heteroatoms. The van der Waals surface area contributed by atoms with Gasteiger partial charge in [-0.25, -0.2) is 0 Å². The number of carbonyl (C=O) groups is 1. The van der Waals surface area contributed by atoms with Gasteiger partial charge in [-0.05, 0) is 36.8 Å². The average Bonchev–Trinajstić information content (AvgIpc) is 2.61. The van der Waals surface area contributed by atoms with Gasteiger partial charge in [-0.15, -0.1) is 10.2 Å². The molecule has 1 N–H and O–H groups in total. The summed E-state index contributed by atoms with van der Waals surface area (Å²) in [7, 11) is 1.87. The van der Waals surface area contributed by atoms with Crippen molar-refractivity contribution >= 4 is 23.3 Å². The molecule has 0 saturated carbocycles. The number of halogens is 1. The lowest BCUT2D eigenvalue weighted by molar-refractivity contribution is -0.120. The van der Waals surface area contributed by atoms with Crippen molar-refractivity contribution in [1.82, 2.24) is 15.5 Å². The smallest absolute Gasteiger partial charge is 0.224 e. The van der Waals surface area contributed by atoms with Crippen molar-refractivity contribution < 1.29 is 4.79 Å². The van der Waals surface area contributed by atoms with Gasteiger partial charge in [-0.1, -0.05) is 23.7 Å². The number of nitriles is 1. The van der Waals surface area contributed by atoms with Gasteiger partial charge >= 0.3 is 0 Å². The minimum atomic E-state index is -0.0523. The molecule has 2 rings (SSSR count). The maximum atomic E-state index is 12.0. The highest BCUT2D eigenvalue weighted by molar-refractivity contribution is 6.30. The Morgan fingerprint density at radius 3 is 2.58 bits per heavy atom. The zero-order chi connectivity index (χ0) is 17.5. The molecule has 0 bridgehead atoms. The van der Waals surface area contributed by atoms with Crippen molar-refractivity contribution in [1.29, 1.82) is 5.26 Å². The molecular weight excluding hydrogens is 326 g/mol. The van der Waals surface area contributed by atoms with Crippen LogP contribution in [0.5, 0.6) is 0 Å². The van der Waals surface area contributed by atoms with Gasteiger partial charge in [0.2, 0.25) is 5.91 Å². The Balaban J connectivity index is 1.84. The first-order valence-electron chi connectivity index (χ1n) is 7.47. The molecule has 1 amide bonds. The number of anilines is 1. The van der Waals surface area contributed by atoms with Crippen LogP contribution in [0.4, 0.5) is 5.82 Å². The van der Waals surface area contributed by atoms with Gasteiger partial charge in [0.15, 0.2) is 11.5 Å². The van der Waals surface area contributed by atoms with E-state index in [1.165, 1.54) is 0 Å². The third kappa shape index (κ3) is 4.93. The highest BCUT2D eigenvalue weighted by Crippen LogP contribution is 2.11. The van der Waals surface area contributed by atoms with Gasteiger partial charge in [0, 0.05) is 24.7 Å². The Kier molecular flexibility index (Phi) is 6.10. The van der Waals surface area contributed by atoms with E-state index in [1.807, 2.05) is 37.1 Å². The summed E-state index contributed by atoms with van der Waals surface area (Å²) >= 11 is 5.83. The molecule has 0 aliphatic heterocycles. The molecule has 1 aromatic heterocycles. The number of nitrogens with one attached hydrogen (secondary N) is 1. The predicted octanol–water partition coefficient (Wildman–Crippen LogP) is 2.19.